The van der Waals surface area contributed by atoms with E-state index in [0.717, 1.165) is 28.7 Å². The van der Waals surface area contributed by atoms with Crippen LogP contribution in [0.15, 0.2) is 42.5 Å². The largest absolute Gasteiger partial charge is 0.505 e. The second-order valence-electron chi connectivity index (χ2n) is 5.79. The number of aromatic nitrogens is 1. The van der Waals surface area contributed by atoms with E-state index in [9.17, 15) is 9.90 Å². The number of nitrogens with zero attached hydrogens (tertiary/aromatic N) is 1. The van der Waals surface area contributed by atoms with Crippen LogP contribution in [0.3, 0.4) is 0 Å². The predicted octanol–water partition coefficient (Wildman–Crippen LogP) is 3.63. The van der Waals surface area contributed by atoms with Crippen molar-refractivity contribution in [3.63, 3.8) is 0 Å². The molecule has 0 aliphatic carbocycles. The van der Waals surface area contributed by atoms with Gasteiger partial charge in [0.1, 0.15) is 5.75 Å². The van der Waals surface area contributed by atoms with Gasteiger partial charge in [-0.05, 0) is 42.7 Å². The summed E-state index contributed by atoms with van der Waals surface area (Å²) in [4.78, 5) is 15.9. The summed E-state index contributed by atoms with van der Waals surface area (Å²) in [6.07, 6.45) is 0.749. The van der Waals surface area contributed by atoms with E-state index in [2.05, 4.69) is 9.72 Å². The molecule has 0 atom stereocenters. The first-order chi connectivity index (χ1) is 12.0. The lowest BCUT2D eigenvalue weighted by Crippen LogP contribution is -2.06. The molecule has 1 N–H and O–H groups in total. The number of methoxy groups -OCH3 is 2. The lowest BCUT2D eigenvalue weighted by molar-refractivity contribution is 0.0590. The minimum atomic E-state index is -0.648. The van der Waals surface area contributed by atoms with E-state index in [0.29, 0.717) is 11.1 Å². The number of carbonyl (C=O) groups excluding carboxylic acids is 1. The van der Waals surface area contributed by atoms with E-state index < -0.39 is 5.97 Å². The van der Waals surface area contributed by atoms with Gasteiger partial charge in [0.2, 0.25) is 0 Å². The Hall–Kier alpha value is -3.08. The van der Waals surface area contributed by atoms with E-state index in [-0.39, 0.29) is 11.4 Å². The zero-order chi connectivity index (χ0) is 18.0. The van der Waals surface area contributed by atoms with Crippen molar-refractivity contribution in [1.29, 1.82) is 0 Å². The van der Waals surface area contributed by atoms with Crippen LogP contribution in [0.25, 0.3) is 10.8 Å². The number of rotatable bonds is 4. The third-order valence-corrected chi connectivity index (χ3v) is 4.18. The molecule has 0 bridgehead atoms. The van der Waals surface area contributed by atoms with Gasteiger partial charge in [-0.25, -0.2) is 9.78 Å². The van der Waals surface area contributed by atoms with Crippen LogP contribution >= 0.6 is 0 Å². The predicted molar refractivity (Wildman–Crippen MR) is 95.3 cm³/mol. The number of pyridine rings is 1. The molecule has 0 spiro atoms. The Labute approximate surface area is 145 Å². The molecule has 0 saturated carbocycles. The van der Waals surface area contributed by atoms with E-state index in [1.165, 1.54) is 7.11 Å². The zero-order valence-corrected chi connectivity index (χ0v) is 14.4. The number of carbonyl (C=O) groups is 1. The lowest BCUT2D eigenvalue weighted by atomic mass is 9.99. The number of fused-ring (bicyclic) bond motifs is 1. The molecule has 0 fully saturated rings. The molecule has 5 nitrogen and oxygen atoms in total. The van der Waals surface area contributed by atoms with Crippen molar-refractivity contribution < 1.29 is 19.4 Å². The van der Waals surface area contributed by atoms with Gasteiger partial charge in [0.25, 0.3) is 0 Å². The zero-order valence-electron chi connectivity index (χ0n) is 14.4. The quantitative estimate of drug-likeness (QED) is 0.736. The Morgan fingerprint density at radius 1 is 1.04 bits per heavy atom. The first kappa shape index (κ1) is 16.8. The highest BCUT2D eigenvalue weighted by molar-refractivity contribution is 6.00. The average molecular weight is 337 g/mol. The maximum absolute atomic E-state index is 11.7. The smallest absolute Gasteiger partial charge is 0.360 e. The summed E-state index contributed by atoms with van der Waals surface area (Å²) in [6, 6.07) is 13.6. The molecule has 0 saturated heterocycles. The van der Waals surface area contributed by atoms with Gasteiger partial charge < -0.3 is 14.6 Å². The number of aryl methyl sites for hydroxylation is 1. The summed E-state index contributed by atoms with van der Waals surface area (Å²) >= 11 is 0. The molecule has 128 valence electrons. The average Bonchev–Trinajstić information content (AvgIpc) is 2.64. The molecule has 2 aromatic carbocycles. The normalized spacial score (nSPS) is 10.7. The molecule has 0 radical (unpaired) electrons. The minimum Gasteiger partial charge on any atom is -0.505 e. The fourth-order valence-corrected chi connectivity index (χ4v) is 2.83. The Bertz CT molecular complexity index is 933. The van der Waals surface area contributed by atoms with Crippen molar-refractivity contribution in [3.05, 3.63) is 65.0 Å². The maximum Gasteiger partial charge on any atom is 0.360 e. The van der Waals surface area contributed by atoms with Crippen molar-refractivity contribution in [2.75, 3.05) is 14.2 Å². The van der Waals surface area contributed by atoms with Crippen LogP contribution in [0.1, 0.15) is 27.3 Å². The highest BCUT2D eigenvalue weighted by atomic mass is 16.5. The van der Waals surface area contributed by atoms with Crippen molar-refractivity contribution >= 4 is 16.7 Å². The van der Waals surface area contributed by atoms with Gasteiger partial charge in [0.15, 0.2) is 11.4 Å². The summed E-state index contributed by atoms with van der Waals surface area (Å²) in [7, 11) is 2.91. The molecule has 0 aliphatic heterocycles. The number of aromatic hydroxyl groups is 1. The van der Waals surface area contributed by atoms with Crippen molar-refractivity contribution in [2.24, 2.45) is 0 Å². The second kappa shape index (κ2) is 6.81. The Balaban J connectivity index is 1.99. The number of esters is 1. The van der Waals surface area contributed by atoms with Crippen LogP contribution in [-0.4, -0.2) is 30.3 Å². The van der Waals surface area contributed by atoms with Crippen molar-refractivity contribution in [3.8, 4) is 11.5 Å². The van der Waals surface area contributed by atoms with Crippen molar-refractivity contribution in [2.45, 2.75) is 13.3 Å². The molecule has 25 heavy (non-hydrogen) atoms. The van der Waals surface area contributed by atoms with Crippen LogP contribution in [-0.2, 0) is 11.2 Å². The van der Waals surface area contributed by atoms with Crippen LogP contribution in [0.4, 0.5) is 0 Å². The molecule has 1 aromatic heterocycles. The van der Waals surface area contributed by atoms with Gasteiger partial charge in [-0.3, -0.25) is 0 Å². The third-order valence-electron chi connectivity index (χ3n) is 4.18. The summed E-state index contributed by atoms with van der Waals surface area (Å²) in [5, 5.41) is 11.7. The Morgan fingerprint density at radius 2 is 1.72 bits per heavy atom. The van der Waals surface area contributed by atoms with E-state index in [1.54, 1.807) is 7.11 Å². The van der Waals surface area contributed by atoms with Gasteiger partial charge in [0, 0.05) is 16.5 Å². The van der Waals surface area contributed by atoms with Gasteiger partial charge in [-0.2, -0.15) is 0 Å². The summed E-state index contributed by atoms with van der Waals surface area (Å²) < 4.78 is 9.84. The number of hydrogen-bond donors (Lipinski definition) is 1. The standard InChI is InChI=1S/C20H19NO4/c1-12-17-11-14(10-13-4-7-15(24-2)8-5-13)6-9-16(17)19(22)18(21-12)20(23)25-3/h4-9,11,22H,10H2,1-3H3. The van der Waals surface area contributed by atoms with E-state index in [4.69, 9.17) is 4.74 Å². The van der Waals surface area contributed by atoms with Gasteiger partial charge in [-0.15, -0.1) is 0 Å². The van der Waals surface area contributed by atoms with Crippen molar-refractivity contribution in [1.82, 2.24) is 4.98 Å². The number of benzene rings is 2. The summed E-state index contributed by atoms with van der Waals surface area (Å²) in [6.45, 7) is 1.81. The molecule has 0 unspecified atom stereocenters. The minimum absolute atomic E-state index is 0.0598. The fraction of sp³-hybridized carbons (Fsp3) is 0.200. The molecule has 5 heteroatoms. The molecular formula is C20H19NO4. The molecule has 1 heterocycles. The molecular weight excluding hydrogens is 318 g/mol. The SMILES string of the molecule is COC(=O)c1nc(C)c2cc(Cc3ccc(OC)cc3)ccc2c1O. The van der Waals surface area contributed by atoms with Gasteiger partial charge in [0.05, 0.1) is 14.2 Å². The molecule has 3 aromatic rings. The highest BCUT2D eigenvalue weighted by Gasteiger charge is 2.18. The second-order valence-corrected chi connectivity index (χ2v) is 5.79. The lowest BCUT2D eigenvalue weighted by Gasteiger charge is -2.10. The number of ether oxygens (including phenoxy) is 2. The Morgan fingerprint density at radius 3 is 2.36 bits per heavy atom. The highest BCUT2D eigenvalue weighted by Crippen LogP contribution is 2.31. The third kappa shape index (κ3) is 3.26. The van der Waals surface area contributed by atoms with Crippen LogP contribution in [0.5, 0.6) is 11.5 Å². The first-order valence-electron chi connectivity index (χ1n) is 7.87. The van der Waals surface area contributed by atoms with Gasteiger partial charge >= 0.3 is 5.97 Å². The molecule has 0 amide bonds. The molecule has 0 aliphatic rings. The maximum atomic E-state index is 11.7. The fourth-order valence-electron chi connectivity index (χ4n) is 2.83. The molecule has 3 rings (SSSR count). The van der Waals surface area contributed by atoms with Gasteiger partial charge in [-0.1, -0.05) is 24.3 Å². The van der Waals surface area contributed by atoms with E-state index in [1.807, 2.05) is 49.4 Å². The van der Waals surface area contributed by atoms with Crippen LogP contribution < -0.4 is 4.74 Å². The van der Waals surface area contributed by atoms with E-state index >= 15 is 0 Å². The Kier molecular flexibility index (Phi) is 4.57. The van der Waals surface area contributed by atoms with Crippen LogP contribution in [0, 0.1) is 6.92 Å². The monoisotopic (exact) mass is 337 g/mol. The summed E-state index contributed by atoms with van der Waals surface area (Å²) in [5.41, 5.74) is 2.86. The summed E-state index contributed by atoms with van der Waals surface area (Å²) in [5.74, 6) is 0.0239. The topological polar surface area (TPSA) is 68.7 Å². The van der Waals surface area contributed by atoms with Crippen LogP contribution in [0.2, 0.25) is 0 Å². The number of hydrogen-bond acceptors (Lipinski definition) is 5. The first-order valence-corrected chi connectivity index (χ1v) is 7.87.